The molecule has 0 unspecified atom stereocenters. The number of aromatic nitrogens is 4. The van der Waals surface area contributed by atoms with Crippen LogP contribution in [0.5, 0.6) is 0 Å². The van der Waals surface area contributed by atoms with Gasteiger partial charge in [-0.1, -0.05) is 121 Å². The predicted molar refractivity (Wildman–Crippen MR) is 214 cm³/mol. The molecule has 0 aliphatic carbocycles. The first-order valence-corrected chi connectivity index (χ1v) is 17.4. The number of hydrogen-bond acceptors (Lipinski definition) is 7. The third-order valence-corrected chi connectivity index (χ3v) is 9.07. The number of ether oxygens (including phenoxy) is 1. The quantitative estimate of drug-likeness (QED) is 0.0393. The molecule has 0 spiro atoms. The van der Waals surface area contributed by atoms with Gasteiger partial charge in [0.1, 0.15) is 0 Å². The van der Waals surface area contributed by atoms with Gasteiger partial charge in [-0.15, -0.1) is 27.2 Å². The molecule has 0 atom stereocenters. The van der Waals surface area contributed by atoms with E-state index in [4.69, 9.17) is 30.2 Å². The first kappa shape index (κ1) is 36.5. The van der Waals surface area contributed by atoms with Gasteiger partial charge in [-0.05, 0) is 76.2 Å². The van der Waals surface area contributed by atoms with E-state index in [0.717, 1.165) is 55.8 Å². The van der Waals surface area contributed by atoms with Crippen molar-refractivity contribution >= 4 is 58.4 Å². The van der Waals surface area contributed by atoms with E-state index in [1.165, 1.54) is 6.08 Å². The molecule has 6 aromatic rings. The van der Waals surface area contributed by atoms with Crippen LogP contribution in [0.15, 0.2) is 138 Å². The molecule has 8 bridgehead atoms. The van der Waals surface area contributed by atoms with Crippen molar-refractivity contribution in [2.24, 2.45) is 5.11 Å². The van der Waals surface area contributed by atoms with E-state index in [-0.39, 0.29) is 23.1 Å². The molecule has 2 N–H and O–H groups in total. The van der Waals surface area contributed by atoms with Gasteiger partial charge in [0.2, 0.25) is 5.70 Å². The molecule has 2 aliphatic rings. The number of esters is 1. The van der Waals surface area contributed by atoms with Gasteiger partial charge in [0.05, 0.1) is 29.4 Å². The Morgan fingerprint density at radius 1 is 0.655 bits per heavy atom. The fourth-order valence-corrected chi connectivity index (χ4v) is 6.63. The van der Waals surface area contributed by atoms with Gasteiger partial charge in [-0.25, -0.2) is 20.3 Å². The molecule has 55 heavy (non-hydrogen) atoms. The topological polar surface area (TPSA) is 137 Å². The van der Waals surface area contributed by atoms with Gasteiger partial charge in [-0.3, -0.25) is 0 Å². The van der Waals surface area contributed by atoms with E-state index in [0.29, 0.717) is 28.0 Å². The van der Waals surface area contributed by atoms with Crippen molar-refractivity contribution in [1.29, 1.82) is 5.53 Å². The Kier molecular flexibility index (Phi) is 10.6. The summed E-state index contributed by atoms with van der Waals surface area (Å²) in [5.74, 6) is -1.43. The molecule has 270 valence electrons. The number of aliphatic hydroxyl groups is 1. The van der Waals surface area contributed by atoms with Crippen molar-refractivity contribution < 1.29 is 31.1 Å². The van der Waals surface area contributed by atoms with E-state index in [9.17, 15) is 9.90 Å². The molecule has 0 saturated heterocycles. The summed E-state index contributed by atoms with van der Waals surface area (Å²) < 4.78 is 5.00. The first-order chi connectivity index (χ1) is 26.5. The normalized spacial score (nSPS) is 12.3. The van der Waals surface area contributed by atoms with Crippen molar-refractivity contribution in [2.75, 3.05) is 6.61 Å². The maximum atomic E-state index is 12.4. The Morgan fingerprint density at radius 3 is 1.49 bits per heavy atom. The Bertz CT molecular complexity index is 2670. The van der Waals surface area contributed by atoms with E-state index in [1.54, 1.807) is 13.0 Å². The SMILES string of the molecule is CCOC(=O)/C(N=N)=C(O)\C=C\c1c2nc(c(-c3ccccc3)c3ccc([n-]3)c(-c3ccccc3)c3nc(c(-c4ccccc4)c4ccc1[n-]4)C=C3)C=C2.[Ni+2]. The smallest absolute Gasteiger partial charge is 0.657 e. The number of allylic oxidation sites excluding steroid dienone is 1. The van der Waals surface area contributed by atoms with Crippen LogP contribution < -0.4 is 9.97 Å². The zero-order chi connectivity index (χ0) is 37.0. The second kappa shape index (κ2) is 16.0. The fourth-order valence-electron chi connectivity index (χ4n) is 6.63. The minimum absolute atomic E-state index is 0. The monoisotopic (exact) mass is 762 g/mol. The van der Waals surface area contributed by atoms with Crippen LogP contribution in [-0.4, -0.2) is 27.7 Å². The number of carbonyl (C=O) groups excluding carboxylic acids is 1. The van der Waals surface area contributed by atoms with Crippen LogP contribution in [0, 0.1) is 5.53 Å². The summed E-state index contributed by atoms with van der Waals surface area (Å²) in [6.07, 6.45) is 10.8. The molecule has 9 nitrogen and oxygen atoms in total. The molecule has 10 heteroatoms. The third kappa shape index (κ3) is 7.23. The Balaban J connectivity index is 0.00000465. The summed E-state index contributed by atoms with van der Waals surface area (Å²) in [5.41, 5.74) is 18.5. The molecule has 3 aromatic heterocycles. The number of nitrogens with zero attached hydrogens (tertiary/aromatic N) is 5. The third-order valence-electron chi connectivity index (χ3n) is 9.07. The van der Waals surface area contributed by atoms with Crippen molar-refractivity contribution in [3.63, 3.8) is 0 Å². The molecule has 8 rings (SSSR count). The zero-order valence-electron chi connectivity index (χ0n) is 29.5. The van der Waals surface area contributed by atoms with E-state index < -0.39 is 17.4 Å². The van der Waals surface area contributed by atoms with Crippen molar-refractivity contribution in [3.05, 3.63) is 161 Å². The van der Waals surface area contributed by atoms with E-state index in [2.05, 4.69) is 17.2 Å². The molecular weight excluding hydrogens is 731 g/mol. The van der Waals surface area contributed by atoms with Gasteiger partial charge in [0, 0.05) is 0 Å². The van der Waals surface area contributed by atoms with Gasteiger partial charge in [0.15, 0.2) is 5.76 Å². The van der Waals surface area contributed by atoms with Crippen LogP contribution in [0.1, 0.15) is 35.3 Å². The summed E-state index contributed by atoms with van der Waals surface area (Å²) in [6, 6.07) is 38.0. The van der Waals surface area contributed by atoms with Crippen molar-refractivity contribution in [3.8, 4) is 33.4 Å². The number of benzene rings is 3. The van der Waals surface area contributed by atoms with Crippen LogP contribution in [0.25, 0.3) is 85.8 Å². The van der Waals surface area contributed by atoms with Gasteiger partial charge in [0.25, 0.3) is 0 Å². The number of nitrogens with one attached hydrogen (secondary N) is 1. The average Bonchev–Trinajstić information content (AvgIpc) is 4.04. The minimum Gasteiger partial charge on any atom is -0.657 e. The maximum Gasteiger partial charge on any atom is 2.00 e. The summed E-state index contributed by atoms with van der Waals surface area (Å²) in [7, 11) is 0. The number of carbonyl (C=O) groups is 1. The molecule has 0 saturated carbocycles. The van der Waals surface area contributed by atoms with Crippen LogP contribution in [0.3, 0.4) is 0 Å². The zero-order valence-corrected chi connectivity index (χ0v) is 30.4. The first-order valence-electron chi connectivity index (χ1n) is 17.4. The molecule has 3 aromatic carbocycles. The predicted octanol–water partition coefficient (Wildman–Crippen LogP) is 10.3. The summed E-state index contributed by atoms with van der Waals surface area (Å²) in [6.45, 7) is 1.70. The molecule has 0 radical (unpaired) electrons. The standard InChI is InChI=1S/C45H33N6O3.Ni/c1-2-54-45(53)44(51-46)40(52)27-18-31-32-19-21-34(47-32)41(28-12-6-3-7-13-28)36-23-25-38(49-36)43(30-16-10-5-11-17-30)39-26-24-37(50-39)42(29-14-8-4-9-15-29)35-22-20-33(31)48-35;/h3-27H,2H2,1H3,(H3-,46,47,48,49,50,51,52,53);/q-1;+2/p-1. The van der Waals surface area contributed by atoms with Gasteiger partial charge >= 0.3 is 22.5 Å². The number of fused-ring (bicyclic) bond motifs is 8. The maximum absolute atomic E-state index is 12.4. The minimum atomic E-state index is -0.903. The Hall–Kier alpha value is -6.90. The average molecular weight is 763 g/mol. The molecule has 2 aliphatic heterocycles. The molecule has 0 fully saturated rings. The molecule has 0 amide bonds. The van der Waals surface area contributed by atoms with Crippen molar-refractivity contribution in [2.45, 2.75) is 6.92 Å². The molecular formula is C45H32N6NiO3. The number of hydrogen-bond donors (Lipinski definition) is 2. The van der Waals surface area contributed by atoms with Crippen molar-refractivity contribution in [1.82, 2.24) is 19.9 Å². The summed E-state index contributed by atoms with van der Waals surface area (Å²) in [4.78, 5) is 33.2. The summed E-state index contributed by atoms with van der Waals surface area (Å²) in [5, 5.41) is 14.2. The van der Waals surface area contributed by atoms with E-state index in [1.807, 2.05) is 127 Å². The number of aliphatic hydroxyl groups excluding tert-OH is 1. The fraction of sp³-hybridized carbons (Fsp3) is 0.0444. The molecule has 5 heterocycles. The van der Waals surface area contributed by atoms with Crippen LogP contribution in [-0.2, 0) is 26.0 Å². The van der Waals surface area contributed by atoms with Crippen LogP contribution in [0.4, 0.5) is 0 Å². The van der Waals surface area contributed by atoms with E-state index >= 15 is 0 Å². The van der Waals surface area contributed by atoms with Gasteiger partial charge in [-0.2, -0.15) is 0 Å². The van der Waals surface area contributed by atoms with Crippen LogP contribution in [0.2, 0.25) is 0 Å². The largest absolute Gasteiger partial charge is 2.00 e. The number of rotatable bonds is 8. The summed E-state index contributed by atoms with van der Waals surface area (Å²) >= 11 is 0. The second-order valence-electron chi connectivity index (χ2n) is 12.4. The second-order valence-corrected chi connectivity index (χ2v) is 12.4. The van der Waals surface area contributed by atoms with Gasteiger partial charge < -0.3 is 19.8 Å². The van der Waals surface area contributed by atoms with Crippen LogP contribution >= 0.6 is 0 Å². The Morgan fingerprint density at radius 2 is 1.05 bits per heavy atom. The Labute approximate surface area is 327 Å².